The lowest BCUT2D eigenvalue weighted by molar-refractivity contribution is 0.545. The van der Waals surface area contributed by atoms with Crippen molar-refractivity contribution < 1.29 is 0 Å². The standard InChI is InChI=1S/C7H16IN/c1-3-4-5-6-7-9(2)8/h3-7H2,1-2H3. The molecule has 0 unspecified atom stereocenters. The summed E-state index contributed by atoms with van der Waals surface area (Å²) in [4.78, 5) is 0. The summed E-state index contributed by atoms with van der Waals surface area (Å²) in [6, 6.07) is 0. The topological polar surface area (TPSA) is 3.24 Å². The van der Waals surface area contributed by atoms with E-state index < -0.39 is 0 Å². The Labute approximate surface area is 72.3 Å². The van der Waals surface area contributed by atoms with Crippen molar-refractivity contribution in [3.8, 4) is 0 Å². The smallest absolute Gasteiger partial charge is 0.0198 e. The van der Waals surface area contributed by atoms with Crippen LogP contribution in [0.2, 0.25) is 0 Å². The van der Waals surface area contributed by atoms with Gasteiger partial charge in [-0.25, -0.2) is 0 Å². The first-order valence-corrected chi connectivity index (χ1v) is 4.60. The molecule has 56 valence electrons. The fourth-order valence-corrected chi connectivity index (χ4v) is 1.10. The molecule has 0 aromatic rings. The van der Waals surface area contributed by atoms with E-state index in [1.54, 1.807) is 0 Å². The third-order valence-corrected chi connectivity index (χ3v) is 1.80. The average Bonchev–Trinajstić information content (AvgIpc) is 1.80. The van der Waals surface area contributed by atoms with E-state index in [-0.39, 0.29) is 0 Å². The van der Waals surface area contributed by atoms with Gasteiger partial charge in [0, 0.05) is 29.4 Å². The fraction of sp³-hybridized carbons (Fsp3) is 1.00. The van der Waals surface area contributed by atoms with E-state index in [2.05, 4.69) is 39.9 Å². The lowest BCUT2D eigenvalue weighted by Crippen LogP contribution is -2.04. The van der Waals surface area contributed by atoms with Gasteiger partial charge < -0.3 is 0 Å². The first kappa shape index (κ1) is 9.69. The minimum Gasteiger partial charge on any atom is -0.251 e. The maximum Gasteiger partial charge on any atom is 0.0198 e. The van der Waals surface area contributed by atoms with Gasteiger partial charge in [-0.3, -0.25) is 3.11 Å². The van der Waals surface area contributed by atoms with E-state index in [0.29, 0.717) is 0 Å². The lowest BCUT2D eigenvalue weighted by Gasteiger charge is -2.04. The van der Waals surface area contributed by atoms with Crippen LogP contribution < -0.4 is 0 Å². The largest absolute Gasteiger partial charge is 0.251 e. The van der Waals surface area contributed by atoms with Crippen molar-refractivity contribution in [3.63, 3.8) is 0 Å². The van der Waals surface area contributed by atoms with Crippen LogP contribution in [0.4, 0.5) is 0 Å². The van der Waals surface area contributed by atoms with Crippen LogP contribution in [0.15, 0.2) is 0 Å². The van der Waals surface area contributed by atoms with Crippen LogP contribution in [-0.4, -0.2) is 16.7 Å². The maximum atomic E-state index is 2.33. The molecule has 0 bridgehead atoms. The van der Waals surface area contributed by atoms with Gasteiger partial charge in [-0.15, -0.1) is 0 Å². The van der Waals surface area contributed by atoms with Crippen LogP contribution in [0.1, 0.15) is 32.6 Å². The molecule has 0 aliphatic rings. The maximum absolute atomic E-state index is 2.33. The predicted molar refractivity (Wildman–Crippen MR) is 50.8 cm³/mol. The highest BCUT2D eigenvalue weighted by atomic mass is 127. The van der Waals surface area contributed by atoms with Gasteiger partial charge in [-0.05, 0) is 13.5 Å². The Bertz CT molecular complexity index is 54.9. The summed E-state index contributed by atoms with van der Waals surface area (Å²) in [6.45, 7) is 3.48. The SMILES string of the molecule is CCCCCCN(C)I. The molecule has 0 heterocycles. The molecule has 0 aromatic heterocycles. The molecule has 0 spiro atoms. The molecule has 0 saturated carbocycles. The van der Waals surface area contributed by atoms with Gasteiger partial charge in [0.25, 0.3) is 0 Å². The van der Waals surface area contributed by atoms with Crippen molar-refractivity contribution >= 4 is 22.9 Å². The van der Waals surface area contributed by atoms with Crippen LogP contribution in [0.5, 0.6) is 0 Å². The Morgan fingerprint density at radius 2 is 1.89 bits per heavy atom. The van der Waals surface area contributed by atoms with Crippen molar-refractivity contribution in [3.05, 3.63) is 0 Å². The van der Waals surface area contributed by atoms with Crippen molar-refractivity contribution in [1.29, 1.82) is 0 Å². The Hall–Kier alpha value is 0.690. The Morgan fingerprint density at radius 1 is 1.22 bits per heavy atom. The summed E-state index contributed by atoms with van der Waals surface area (Å²) in [6.07, 6.45) is 5.48. The summed E-state index contributed by atoms with van der Waals surface area (Å²) >= 11 is 2.33. The summed E-state index contributed by atoms with van der Waals surface area (Å²) in [5, 5.41) is 0. The van der Waals surface area contributed by atoms with Gasteiger partial charge >= 0.3 is 0 Å². The molecule has 9 heavy (non-hydrogen) atoms. The number of unbranched alkanes of at least 4 members (excludes halogenated alkanes) is 3. The van der Waals surface area contributed by atoms with Crippen LogP contribution in [-0.2, 0) is 0 Å². The monoisotopic (exact) mass is 241 g/mol. The van der Waals surface area contributed by atoms with E-state index in [4.69, 9.17) is 0 Å². The third kappa shape index (κ3) is 8.69. The van der Waals surface area contributed by atoms with Gasteiger partial charge in [0.05, 0.1) is 0 Å². The number of halogens is 1. The molecule has 0 N–H and O–H groups in total. The highest BCUT2D eigenvalue weighted by Crippen LogP contribution is 2.02. The first-order chi connectivity index (χ1) is 4.27. The lowest BCUT2D eigenvalue weighted by atomic mass is 10.2. The molecule has 1 nitrogen and oxygen atoms in total. The minimum absolute atomic E-state index is 1.24. The Morgan fingerprint density at radius 3 is 2.33 bits per heavy atom. The predicted octanol–water partition coefficient (Wildman–Crippen LogP) is 2.85. The van der Waals surface area contributed by atoms with Crippen LogP contribution in [0.3, 0.4) is 0 Å². The molecule has 0 fully saturated rings. The summed E-state index contributed by atoms with van der Waals surface area (Å²) < 4.78 is 2.22. The van der Waals surface area contributed by atoms with E-state index in [9.17, 15) is 0 Å². The Kier molecular flexibility index (Phi) is 7.33. The molecular weight excluding hydrogens is 225 g/mol. The first-order valence-electron chi connectivity index (χ1n) is 3.64. The second-order valence-electron chi connectivity index (χ2n) is 2.39. The van der Waals surface area contributed by atoms with Gasteiger partial charge in [-0.2, -0.15) is 0 Å². The summed E-state index contributed by atoms with van der Waals surface area (Å²) in [7, 11) is 2.12. The zero-order valence-corrected chi connectivity index (χ0v) is 8.52. The van der Waals surface area contributed by atoms with Gasteiger partial charge in [0.15, 0.2) is 0 Å². The molecule has 0 saturated heterocycles. The Balaban J connectivity index is 2.75. The average molecular weight is 241 g/mol. The van der Waals surface area contributed by atoms with E-state index >= 15 is 0 Å². The van der Waals surface area contributed by atoms with Crippen molar-refractivity contribution in [1.82, 2.24) is 3.11 Å². The molecular formula is C7H16IN. The minimum atomic E-state index is 1.24. The number of nitrogens with zero attached hydrogens (tertiary/aromatic N) is 1. The van der Waals surface area contributed by atoms with Crippen LogP contribution >= 0.6 is 22.9 Å². The highest BCUT2D eigenvalue weighted by Gasteiger charge is 1.89. The molecule has 0 aliphatic heterocycles. The second kappa shape index (κ2) is 6.81. The molecule has 2 heteroatoms. The van der Waals surface area contributed by atoms with Crippen molar-refractivity contribution in [2.24, 2.45) is 0 Å². The third-order valence-electron chi connectivity index (χ3n) is 1.32. The fourth-order valence-electron chi connectivity index (χ4n) is 0.756. The van der Waals surface area contributed by atoms with Crippen molar-refractivity contribution in [2.45, 2.75) is 32.6 Å². The molecule has 0 radical (unpaired) electrons. The van der Waals surface area contributed by atoms with Crippen LogP contribution in [0.25, 0.3) is 0 Å². The second-order valence-corrected chi connectivity index (χ2v) is 4.04. The highest BCUT2D eigenvalue weighted by molar-refractivity contribution is 14.1. The molecule has 0 amide bonds. The zero-order chi connectivity index (χ0) is 7.11. The summed E-state index contributed by atoms with van der Waals surface area (Å²) in [5.74, 6) is 0. The van der Waals surface area contributed by atoms with Crippen molar-refractivity contribution in [2.75, 3.05) is 13.6 Å². The summed E-state index contributed by atoms with van der Waals surface area (Å²) in [5.41, 5.74) is 0. The normalized spacial score (nSPS) is 10.7. The molecule has 0 aliphatic carbocycles. The zero-order valence-electron chi connectivity index (χ0n) is 6.36. The quantitative estimate of drug-likeness (QED) is 0.406. The number of rotatable bonds is 5. The molecule has 0 rings (SSSR count). The number of hydrogen-bond donors (Lipinski definition) is 0. The van der Waals surface area contributed by atoms with Gasteiger partial charge in [-0.1, -0.05) is 26.2 Å². The van der Waals surface area contributed by atoms with E-state index in [1.807, 2.05) is 0 Å². The molecule has 0 atom stereocenters. The number of hydrogen-bond acceptors (Lipinski definition) is 1. The van der Waals surface area contributed by atoms with E-state index in [0.717, 1.165) is 0 Å². The van der Waals surface area contributed by atoms with E-state index in [1.165, 1.54) is 32.2 Å². The molecule has 0 aromatic carbocycles. The van der Waals surface area contributed by atoms with Crippen LogP contribution in [0, 0.1) is 0 Å². The van der Waals surface area contributed by atoms with Gasteiger partial charge in [0.2, 0.25) is 0 Å². The van der Waals surface area contributed by atoms with Gasteiger partial charge in [0.1, 0.15) is 0 Å².